The molecule has 0 N–H and O–H groups in total. The molecule has 0 unspecified atom stereocenters. The van der Waals surface area contributed by atoms with Gasteiger partial charge in [-0.25, -0.2) is 0 Å². The van der Waals surface area contributed by atoms with Crippen molar-refractivity contribution in [3.63, 3.8) is 0 Å². The molecule has 0 nitrogen and oxygen atoms in total. The lowest BCUT2D eigenvalue weighted by Gasteiger charge is -2.22. The lowest BCUT2D eigenvalue weighted by molar-refractivity contribution is 1.14. The molecule has 0 radical (unpaired) electrons. The first-order valence-corrected chi connectivity index (χ1v) is 11.2. The minimum Gasteiger partial charge on any atom is -0.0965 e. The zero-order valence-corrected chi connectivity index (χ0v) is 16.3. The number of rotatable bonds is 1. The maximum Gasteiger partial charge on any atom is 0.0497 e. The summed E-state index contributed by atoms with van der Waals surface area (Å²) >= 11 is 0. The van der Waals surface area contributed by atoms with E-state index in [1.165, 1.54) is 43.3 Å². The molecule has 1 heterocycles. The highest BCUT2D eigenvalue weighted by molar-refractivity contribution is 7.62. The first-order chi connectivity index (χ1) is 13.9. The molecule has 1 aromatic heterocycles. The molecule has 132 valence electrons. The van der Waals surface area contributed by atoms with Gasteiger partial charge in [0.1, 0.15) is 0 Å². The minimum atomic E-state index is -0.525. The summed E-state index contributed by atoms with van der Waals surface area (Å²) in [7, 11) is -0.525. The molecule has 4 aromatic carbocycles. The lowest BCUT2D eigenvalue weighted by Crippen LogP contribution is -1.99. The highest BCUT2D eigenvalue weighted by Crippen LogP contribution is 2.61. The molecule has 0 amide bonds. The maximum atomic E-state index is 2.35. The topological polar surface area (TPSA) is 0 Å². The zero-order valence-electron chi connectivity index (χ0n) is 15.4. The van der Waals surface area contributed by atoms with Gasteiger partial charge in [0.25, 0.3) is 0 Å². The van der Waals surface area contributed by atoms with E-state index in [0.717, 1.165) is 0 Å². The highest BCUT2D eigenvalue weighted by atomic mass is 31.1. The Balaban J connectivity index is 1.80. The van der Waals surface area contributed by atoms with Gasteiger partial charge in [-0.15, -0.1) is 0 Å². The SMILES string of the molecule is C1=Cc2ccccc2C(p2c3ccccc3c3ccccc32)c2ccccc21. The Kier molecular flexibility index (Phi) is 3.54. The Morgan fingerprint density at radius 1 is 0.464 bits per heavy atom. The van der Waals surface area contributed by atoms with E-state index >= 15 is 0 Å². The van der Waals surface area contributed by atoms with Gasteiger partial charge in [0.05, 0.1) is 0 Å². The Labute approximate surface area is 165 Å². The number of benzene rings is 4. The van der Waals surface area contributed by atoms with E-state index in [4.69, 9.17) is 0 Å². The molecule has 0 spiro atoms. The Morgan fingerprint density at radius 3 is 1.43 bits per heavy atom. The summed E-state index contributed by atoms with van der Waals surface area (Å²) in [6, 6.07) is 35.9. The van der Waals surface area contributed by atoms with Crippen molar-refractivity contribution in [1.29, 1.82) is 0 Å². The van der Waals surface area contributed by atoms with Crippen LogP contribution in [0.1, 0.15) is 27.9 Å². The molecule has 0 saturated heterocycles. The van der Waals surface area contributed by atoms with Crippen LogP contribution in [0.5, 0.6) is 0 Å². The average molecular weight is 374 g/mol. The summed E-state index contributed by atoms with van der Waals surface area (Å²) in [4.78, 5) is 0. The fourth-order valence-corrected chi connectivity index (χ4v) is 7.92. The molecule has 1 aliphatic rings. The van der Waals surface area contributed by atoms with Crippen molar-refractivity contribution in [3.05, 3.63) is 119 Å². The largest absolute Gasteiger partial charge is 0.0965 e. The van der Waals surface area contributed by atoms with Crippen molar-refractivity contribution in [1.82, 2.24) is 0 Å². The van der Waals surface area contributed by atoms with E-state index in [0.29, 0.717) is 5.66 Å². The third-order valence-electron chi connectivity index (χ3n) is 5.90. The third kappa shape index (κ3) is 2.25. The summed E-state index contributed by atoms with van der Waals surface area (Å²) < 4.78 is 0. The molecular weight excluding hydrogens is 355 g/mol. The van der Waals surface area contributed by atoms with Crippen LogP contribution in [-0.2, 0) is 0 Å². The van der Waals surface area contributed by atoms with E-state index in [1.807, 2.05) is 0 Å². The first kappa shape index (κ1) is 15.9. The summed E-state index contributed by atoms with van der Waals surface area (Å²) in [5.41, 5.74) is 5.94. The molecule has 1 aliphatic carbocycles. The van der Waals surface area contributed by atoms with E-state index in [9.17, 15) is 0 Å². The fraction of sp³-hybridized carbons (Fsp3) is 0.0370. The van der Waals surface area contributed by atoms with Crippen LogP contribution in [0.2, 0.25) is 0 Å². The van der Waals surface area contributed by atoms with Gasteiger partial charge in [0.2, 0.25) is 0 Å². The molecule has 1 heteroatoms. The van der Waals surface area contributed by atoms with Gasteiger partial charge < -0.3 is 0 Å². The second kappa shape index (κ2) is 6.23. The van der Waals surface area contributed by atoms with Crippen molar-refractivity contribution in [2.24, 2.45) is 0 Å². The average Bonchev–Trinajstić information content (AvgIpc) is 2.99. The van der Waals surface area contributed by atoms with Gasteiger partial charge in [0, 0.05) is 15.9 Å². The van der Waals surface area contributed by atoms with E-state index < -0.39 is 7.53 Å². The van der Waals surface area contributed by atoms with Crippen molar-refractivity contribution < 1.29 is 0 Å². The maximum absolute atomic E-state index is 2.35. The molecule has 0 bridgehead atoms. The Morgan fingerprint density at radius 2 is 0.893 bits per heavy atom. The number of hydrogen-bond donors (Lipinski definition) is 0. The van der Waals surface area contributed by atoms with Gasteiger partial charge in [0.15, 0.2) is 0 Å². The molecule has 28 heavy (non-hydrogen) atoms. The summed E-state index contributed by atoms with van der Waals surface area (Å²) in [5, 5.41) is 5.85. The van der Waals surface area contributed by atoms with Crippen molar-refractivity contribution in [2.75, 3.05) is 0 Å². The molecule has 0 atom stereocenters. The van der Waals surface area contributed by atoms with Crippen LogP contribution in [0.15, 0.2) is 97.1 Å². The van der Waals surface area contributed by atoms with Gasteiger partial charge in [-0.3, -0.25) is 0 Å². The van der Waals surface area contributed by atoms with Crippen molar-refractivity contribution in [3.8, 4) is 0 Å². The molecule has 0 fully saturated rings. The molecule has 0 saturated carbocycles. The van der Waals surface area contributed by atoms with Crippen LogP contribution in [0.4, 0.5) is 0 Å². The number of hydrogen-bond acceptors (Lipinski definition) is 0. The summed E-state index contributed by atoms with van der Waals surface area (Å²) in [5.74, 6) is 0. The lowest BCUT2D eigenvalue weighted by atomic mass is 9.99. The normalized spacial score (nSPS) is 13.4. The monoisotopic (exact) mass is 374 g/mol. The Bertz CT molecular complexity index is 1270. The standard InChI is InChI=1S/C27H19P/c1-3-11-21-19(9-1)17-18-20-10-2-4-12-22(20)27(21)28-25-15-7-5-13-23(25)24-14-6-8-16-26(24)28/h1-18,27H. The molecular formula is C27H19P. The third-order valence-corrected chi connectivity index (χ3v) is 8.79. The van der Waals surface area contributed by atoms with Crippen LogP contribution in [0.3, 0.4) is 0 Å². The van der Waals surface area contributed by atoms with Gasteiger partial charge in [-0.2, -0.15) is 0 Å². The number of fused-ring (bicyclic) bond motifs is 5. The zero-order chi connectivity index (χ0) is 18.5. The molecule has 0 aliphatic heterocycles. The minimum absolute atomic E-state index is 0.363. The first-order valence-electron chi connectivity index (χ1n) is 9.75. The second-order valence-corrected chi connectivity index (χ2v) is 9.62. The van der Waals surface area contributed by atoms with E-state index in [2.05, 4.69) is 109 Å². The molecule has 5 aromatic rings. The van der Waals surface area contributed by atoms with Gasteiger partial charge in [-0.1, -0.05) is 117 Å². The van der Waals surface area contributed by atoms with Crippen molar-refractivity contribution >= 4 is 40.7 Å². The van der Waals surface area contributed by atoms with E-state index in [1.54, 1.807) is 0 Å². The van der Waals surface area contributed by atoms with Crippen LogP contribution in [0.25, 0.3) is 33.2 Å². The predicted octanol–water partition coefficient (Wildman–Crippen LogP) is 8.10. The van der Waals surface area contributed by atoms with Gasteiger partial charge in [-0.05, 0) is 33.0 Å². The van der Waals surface area contributed by atoms with Crippen LogP contribution < -0.4 is 0 Å². The summed E-state index contributed by atoms with van der Waals surface area (Å²) in [6.45, 7) is 0. The predicted molar refractivity (Wildman–Crippen MR) is 123 cm³/mol. The second-order valence-electron chi connectivity index (χ2n) is 7.40. The highest BCUT2D eigenvalue weighted by Gasteiger charge is 2.26. The van der Waals surface area contributed by atoms with Gasteiger partial charge >= 0.3 is 0 Å². The van der Waals surface area contributed by atoms with Crippen LogP contribution in [-0.4, -0.2) is 0 Å². The van der Waals surface area contributed by atoms with Crippen molar-refractivity contribution in [2.45, 2.75) is 5.66 Å². The molecule has 6 rings (SSSR count). The smallest absolute Gasteiger partial charge is 0.0497 e. The van der Waals surface area contributed by atoms with Crippen LogP contribution in [0, 0.1) is 0 Å². The van der Waals surface area contributed by atoms with Crippen LogP contribution >= 0.6 is 7.53 Å². The van der Waals surface area contributed by atoms with E-state index in [-0.39, 0.29) is 0 Å². The Hall–Kier alpha value is -3.08. The summed E-state index contributed by atoms with van der Waals surface area (Å²) in [6.07, 6.45) is 4.58. The quantitative estimate of drug-likeness (QED) is 0.273. The fourth-order valence-electron chi connectivity index (χ4n) is 4.68.